The van der Waals surface area contributed by atoms with E-state index in [1.165, 1.54) is 4.68 Å². The Labute approximate surface area is 315 Å². The molecule has 2 aliphatic heterocycles. The molecule has 53 heavy (non-hydrogen) atoms. The molecule has 1 amide bonds. The highest BCUT2D eigenvalue weighted by Crippen LogP contribution is 2.60. The second-order valence-electron chi connectivity index (χ2n) is 14.6. The molecule has 0 bridgehead atoms. The van der Waals surface area contributed by atoms with Gasteiger partial charge in [0.15, 0.2) is 5.60 Å². The van der Waals surface area contributed by atoms with Gasteiger partial charge in [0.2, 0.25) is 8.41 Å². The van der Waals surface area contributed by atoms with Gasteiger partial charge in [0.05, 0.1) is 53.1 Å². The Morgan fingerprint density at radius 2 is 1.79 bits per heavy atom. The van der Waals surface area contributed by atoms with E-state index in [-0.39, 0.29) is 30.5 Å². The number of nitrogens with zero attached hydrogens (tertiary/aromatic N) is 5. The molecule has 272 valence electrons. The largest absolute Gasteiger partial charge is 0.395 e. The van der Waals surface area contributed by atoms with E-state index in [4.69, 9.17) is 4.74 Å². The lowest BCUT2D eigenvalue weighted by molar-refractivity contribution is -0.146. The molecule has 1 spiro atoms. The number of aliphatic hydroxyl groups excluding tert-OH is 1. The number of fused-ring (bicyclic) bond motifs is 3. The maximum atomic E-state index is 16.5. The van der Waals surface area contributed by atoms with Crippen LogP contribution in [-0.2, 0) is 28.2 Å². The van der Waals surface area contributed by atoms with Crippen LogP contribution >= 0.6 is 15.9 Å². The van der Waals surface area contributed by atoms with Gasteiger partial charge in [-0.1, -0.05) is 82.7 Å². The highest BCUT2D eigenvalue weighted by atomic mass is 79.9. The lowest BCUT2D eigenvalue weighted by atomic mass is 9.82. The smallest absolute Gasteiger partial charge is 0.279 e. The van der Waals surface area contributed by atoms with Crippen molar-refractivity contribution < 1.29 is 18.7 Å². The van der Waals surface area contributed by atoms with Crippen molar-refractivity contribution in [1.82, 2.24) is 24.8 Å². The molecule has 13 heteroatoms. The Bertz CT molecular complexity index is 2370. The van der Waals surface area contributed by atoms with Crippen molar-refractivity contribution in [3.8, 4) is 5.69 Å². The molecule has 1 unspecified atom stereocenters. The van der Waals surface area contributed by atoms with Gasteiger partial charge >= 0.3 is 0 Å². The van der Waals surface area contributed by atoms with Crippen LogP contribution in [0.4, 0.5) is 9.80 Å². The van der Waals surface area contributed by atoms with E-state index in [1.54, 1.807) is 28.7 Å². The zero-order valence-corrected chi connectivity index (χ0v) is 32.2. The summed E-state index contributed by atoms with van der Waals surface area (Å²) in [4.78, 5) is 29.9. The molecular formula is C40H40BrFN6O4Si. The van der Waals surface area contributed by atoms with Crippen molar-refractivity contribution in [2.24, 2.45) is 5.92 Å². The SMILES string of the molecule is C[C@@H]1[C@@H]([Si](C)(C)F)[C@H](CCn2cc(C(CO)c3ccccc3)nn2)O[C@@]12C(=O)N(Cc1cccc(-n3[nH]c4ccccc4c3=O)c1)c1ccc(Br)cc12. The first-order valence-electron chi connectivity index (χ1n) is 17.8. The number of aromatic amines is 1. The molecule has 2 aromatic heterocycles. The van der Waals surface area contributed by atoms with Crippen LogP contribution < -0.4 is 10.5 Å². The van der Waals surface area contributed by atoms with Crippen LogP contribution in [0.5, 0.6) is 0 Å². The quantitative estimate of drug-likeness (QED) is 0.112. The number of hydrogen-bond acceptors (Lipinski definition) is 6. The number of carbonyl (C=O) groups is 1. The van der Waals surface area contributed by atoms with E-state index in [0.29, 0.717) is 35.4 Å². The van der Waals surface area contributed by atoms with Crippen molar-refractivity contribution in [2.75, 3.05) is 11.5 Å². The number of anilines is 1. The summed E-state index contributed by atoms with van der Waals surface area (Å²) < 4.78 is 27.5. The normalized spacial score (nSPS) is 21.9. The Hall–Kier alpha value is -4.69. The minimum Gasteiger partial charge on any atom is -0.395 e. The molecule has 4 heterocycles. The Balaban J connectivity index is 1.09. The number of para-hydroxylation sites is 1. The van der Waals surface area contributed by atoms with Gasteiger partial charge in [0.1, 0.15) is 0 Å². The monoisotopic (exact) mass is 794 g/mol. The third kappa shape index (κ3) is 6.09. The van der Waals surface area contributed by atoms with E-state index in [2.05, 4.69) is 31.3 Å². The molecule has 8 rings (SSSR count). The number of H-pyrrole nitrogens is 1. The molecule has 10 nitrogen and oxygen atoms in total. The fourth-order valence-corrected chi connectivity index (χ4v) is 11.5. The van der Waals surface area contributed by atoms with Crippen molar-refractivity contribution >= 4 is 46.8 Å². The van der Waals surface area contributed by atoms with Crippen molar-refractivity contribution in [3.63, 3.8) is 0 Å². The van der Waals surface area contributed by atoms with Gasteiger partial charge in [0.25, 0.3) is 11.5 Å². The summed E-state index contributed by atoms with van der Waals surface area (Å²) >= 11 is 3.62. The van der Waals surface area contributed by atoms with Crippen molar-refractivity contribution in [2.45, 2.75) is 62.7 Å². The highest BCUT2D eigenvalue weighted by molar-refractivity contribution is 9.10. The summed E-state index contributed by atoms with van der Waals surface area (Å²) in [6.45, 7) is 5.86. The summed E-state index contributed by atoms with van der Waals surface area (Å²) in [6, 6.07) is 30.3. The number of aliphatic hydroxyl groups is 1. The molecule has 1 fully saturated rings. The van der Waals surface area contributed by atoms with Gasteiger partial charge in [-0.25, -0.2) is 4.68 Å². The van der Waals surface area contributed by atoms with Crippen LogP contribution in [-0.4, -0.2) is 56.9 Å². The Morgan fingerprint density at radius 1 is 1.02 bits per heavy atom. The number of amides is 1. The van der Waals surface area contributed by atoms with Crippen LogP contribution in [0.1, 0.15) is 41.6 Å². The number of rotatable bonds is 10. The van der Waals surface area contributed by atoms with E-state index < -0.39 is 31.6 Å². The van der Waals surface area contributed by atoms with E-state index in [1.807, 2.05) is 104 Å². The van der Waals surface area contributed by atoms with Gasteiger partial charge in [-0.05, 0) is 73.1 Å². The van der Waals surface area contributed by atoms with Crippen molar-refractivity contribution in [3.05, 3.63) is 140 Å². The van der Waals surface area contributed by atoms with Crippen LogP contribution in [0.25, 0.3) is 16.6 Å². The topological polar surface area (TPSA) is 118 Å². The highest BCUT2D eigenvalue weighted by Gasteiger charge is 2.66. The van der Waals surface area contributed by atoms with Crippen LogP contribution in [0.15, 0.2) is 113 Å². The molecule has 5 atom stereocenters. The van der Waals surface area contributed by atoms with E-state index in [9.17, 15) is 14.7 Å². The summed E-state index contributed by atoms with van der Waals surface area (Å²) in [6.07, 6.45) is 1.69. The predicted molar refractivity (Wildman–Crippen MR) is 207 cm³/mol. The minimum atomic E-state index is -3.39. The maximum Gasteiger partial charge on any atom is 0.279 e. The molecule has 0 saturated carbocycles. The average Bonchev–Trinajstić information content (AvgIpc) is 3.88. The Morgan fingerprint density at radius 3 is 2.55 bits per heavy atom. The molecule has 4 aromatic carbocycles. The number of benzene rings is 4. The Kier molecular flexibility index (Phi) is 9.08. The zero-order valence-electron chi connectivity index (χ0n) is 29.6. The van der Waals surface area contributed by atoms with Crippen LogP contribution in [0.3, 0.4) is 0 Å². The second kappa shape index (κ2) is 13.6. The van der Waals surface area contributed by atoms with Gasteiger partial charge < -0.3 is 18.9 Å². The lowest BCUT2D eigenvalue weighted by Gasteiger charge is -2.31. The first-order valence-corrected chi connectivity index (χ1v) is 21.6. The standard InChI is InChI=1S/C40H40BrFN6O4Si/c1-25-37(53(2,3)42)36(18-19-46-23-34(43-45-46)31(24-49)27-11-5-4-6-12-27)52-40(25)32-21-28(41)16-17-35(32)47(39(40)51)22-26-10-9-13-29(20-26)48-38(50)30-14-7-8-15-33(30)44-48/h4-17,20-21,23,25,31,36-37,44,49H,18-19,22,24H2,1-3H3/t25-,31?,36+,37-,40+/m1/s1. The fraction of sp³-hybridized carbons (Fsp3) is 0.300. The van der Waals surface area contributed by atoms with Crippen LogP contribution in [0, 0.1) is 5.92 Å². The summed E-state index contributed by atoms with van der Waals surface area (Å²) in [7, 11) is -3.39. The first kappa shape index (κ1) is 35.3. The second-order valence-corrected chi connectivity index (χ2v) is 19.3. The van der Waals surface area contributed by atoms with Gasteiger partial charge in [-0.2, -0.15) is 0 Å². The number of hydrogen-bond donors (Lipinski definition) is 2. The van der Waals surface area contributed by atoms with Crippen LogP contribution in [0.2, 0.25) is 18.6 Å². The predicted octanol–water partition coefficient (Wildman–Crippen LogP) is 7.21. The average molecular weight is 796 g/mol. The van der Waals surface area contributed by atoms with E-state index in [0.717, 1.165) is 26.7 Å². The molecular weight excluding hydrogens is 755 g/mol. The van der Waals surface area contributed by atoms with Gasteiger partial charge in [-0.3, -0.25) is 19.4 Å². The summed E-state index contributed by atoms with van der Waals surface area (Å²) in [5, 5.41) is 22.7. The maximum absolute atomic E-state index is 16.5. The number of aromatic nitrogens is 5. The number of ether oxygens (including phenoxy) is 1. The molecule has 2 N–H and O–H groups in total. The number of halogens is 2. The number of carbonyl (C=O) groups excluding carboxylic acids is 1. The van der Waals surface area contributed by atoms with Gasteiger partial charge in [-0.15, -0.1) is 5.10 Å². The van der Waals surface area contributed by atoms with E-state index >= 15 is 4.11 Å². The lowest BCUT2D eigenvalue weighted by Crippen LogP contribution is -2.45. The van der Waals surface area contributed by atoms with Gasteiger partial charge in [0, 0.05) is 34.2 Å². The number of aryl methyl sites for hydroxylation is 1. The first-order chi connectivity index (χ1) is 25.5. The summed E-state index contributed by atoms with van der Waals surface area (Å²) in [5.41, 5.74) is 3.21. The molecule has 0 radical (unpaired) electrons. The minimum absolute atomic E-state index is 0.113. The third-order valence-electron chi connectivity index (χ3n) is 11.0. The molecule has 2 aliphatic rings. The molecule has 6 aromatic rings. The van der Waals surface area contributed by atoms with Crippen molar-refractivity contribution in [1.29, 1.82) is 0 Å². The third-order valence-corrected chi connectivity index (χ3v) is 13.9. The number of nitrogens with one attached hydrogen (secondary N) is 1. The summed E-state index contributed by atoms with van der Waals surface area (Å²) in [5.74, 6) is -1.00. The zero-order chi connectivity index (χ0) is 37.1. The molecule has 0 aliphatic carbocycles. The molecule has 1 saturated heterocycles. The fourth-order valence-electron chi connectivity index (χ4n) is 8.56.